The maximum absolute atomic E-state index is 12.1. The number of carbonyl (C=O) groups excluding carboxylic acids is 2. The van der Waals surface area contributed by atoms with Crippen LogP contribution in [0.15, 0.2) is 48.5 Å². The van der Waals surface area contributed by atoms with Crippen molar-refractivity contribution in [3.63, 3.8) is 0 Å². The highest BCUT2D eigenvalue weighted by molar-refractivity contribution is 6.04. The number of anilines is 1. The van der Waals surface area contributed by atoms with E-state index in [2.05, 4.69) is 10.6 Å². The summed E-state index contributed by atoms with van der Waals surface area (Å²) in [6.45, 7) is 5.80. The smallest absolute Gasteiger partial charge is 0.255 e. The van der Waals surface area contributed by atoms with Gasteiger partial charge in [0.2, 0.25) is 0 Å². The van der Waals surface area contributed by atoms with Crippen LogP contribution >= 0.6 is 0 Å². The largest absolute Gasteiger partial charge is 0.350 e. The lowest BCUT2D eigenvalue weighted by Crippen LogP contribution is -2.30. The second kappa shape index (κ2) is 6.89. The summed E-state index contributed by atoms with van der Waals surface area (Å²) >= 11 is 0. The van der Waals surface area contributed by atoms with Gasteiger partial charge in [0.25, 0.3) is 11.8 Å². The molecule has 0 aromatic heterocycles. The molecule has 0 saturated carbocycles. The number of hydrogen-bond acceptors (Lipinski definition) is 2. The van der Waals surface area contributed by atoms with Crippen LogP contribution in [0.25, 0.3) is 0 Å². The summed E-state index contributed by atoms with van der Waals surface area (Å²) < 4.78 is 0. The monoisotopic (exact) mass is 296 g/mol. The van der Waals surface area contributed by atoms with Crippen LogP contribution in [0.1, 0.15) is 40.1 Å². The zero-order valence-electron chi connectivity index (χ0n) is 13.0. The fourth-order valence-corrected chi connectivity index (χ4v) is 1.96. The van der Waals surface area contributed by atoms with Crippen LogP contribution < -0.4 is 10.6 Å². The van der Waals surface area contributed by atoms with Gasteiger partial charge in [0, 0.05) is 22.9 Å². The quantitative estimate of drug-likeness (QED) is 0.908. The van der Waals surface area contributed by atoms with Gasteiger partial charge in [-0.15, -0.1) is 0 Å². The van der Waals surface area contributed by atoms with Crippen LogP contribution in [0.5, 0.6) is 0 Å². The summed E-state index contributed by atoms with van der Waals surface area (Å²) in [6.07, 6.45) is 0. The molecule has 0 aliphatic heterocycles. The van der Waals surface area contributed by atoms with Crippen LogP contribution in [0.2, 0.25) is 0 Å². The fraction of sp³-hybridized carbons (Fsp3) is 0.222. The summed E-state index contributed by atoms with van der Waals surface area (Å²) in [7, 11) is 0. The molecule has 2 N–H and O–H groups in total. The van der Waals surface area contributed by atoms with E-state index in [0.717, 1.165) is 5.56 Å². The second-order valence-electron chi connectivity index (χ2n) is 5.53. The van der Waals surface area contributed by atoms with Crippen molar-refractivity contribution in [1.29, 1.82) is 0 Å². The van der Waals surface area contributed by atoms with E-state index in [4.69, 9.17) is 0 Å². The summed E-state index contributed by atoms with van der Waals surface area (Å²) in [5, 5.41) is 5.64. The molecule has 4 heteroatoms. The van der Waals surface area contributed by atoms with Crippen LogP contribution in [-0.4, -0.2) is 17.9 Å². The molecule has 2 aromatic carbocycles. The van der Waals surface area contributed by atoms with Crippen molar-refractivity contribution in [3.05, 3.63) is 65.2 Å². The average molecular weight is 296 g/mol. The molecule has 0 heterocycles. The third kappa shape index (κ3) is 4.19. The summed E-state index contributed by atoms with van der Waals surface area (Å²) in [5.41, 5.74) is 2.94. The van der Waals surface area contributed by atoms with Gasteiger partial charge in [0.15, 0.2) is 0 Å². The number of amides is 2. The second-order valence-corrected chi connectivity index (χ2v) is 5.53. The van der Waals surface area contributed by atoms with E-state index >= 15 is 0 Å². The molecule has 0 radical (unpaired) electrons. The third-order valence-corrected chi connectivity index (χ3v) is 3.14. The van der Waals surface area contributed by atoms with E-state index in [-0.39, 0.29) is 17.9 Å². The topological polar surface area (TPSA) is 58.2 Å². The number of rotatable bonds is 4. The van der Waals surface area contributed by atoms with Gasteiger partial charge < -0.3 is 10.6 Å². The average Bonchev–Trinajstić information content (AvgIpc) is 2.48. The summed E-state index contributed by atoms with van der Waals surface area (Å²) in [4.78, 5) is 23.9. The molecule has 0 fully saturated rings. The lowest BCUT2D eigenvalue weighted by Gasteiger charge is -2.09. The van der Waals surface area contributed by atoms with E-state index in [9.17, 15) is 9.59 Å². The van der Waals surface area contributed by atoms with Gasteiger partial charge in [0.05, 0.1) is 0 Å². The SMILES string of the molecule is Cc1ccc(C(=O)Nc2ccc(C(=O)NC(C)C)cc2)cc1. The van der Waals surface area contributed by atoms with Crippen molar-refractivity contribution in [1.82, 2.24) is 5.32 Å². The van der Waals surface area contributed by atoms with E-state index < -0.39 is 0 Å². The molecule has 2 aromatic rings. The molecule has 4 nitrogen and oxygen atoms in total. The standard InChI is InChI=1S/C18H20N2O2/c1-12(2)19-17(21)15-8-10-16(11-9-15)20-18(22)14-6-4-13(3)5-7-14/h4-12H,1-3H3,(H,19,21)(H,20,22). The molecule has 2 amide bonds. The van der Waals surface area contributed by atoms with Crippen molar-refractivity contribution in [2.45, 2.75) is 26.8 Å². The minimum atomic E-state index is -0.167. The zero-order chi connectivity index (χ0) is 16.1. The van der Waals surface area contributed by atoms with Gasteiger partial charge in [-0.2, -0.15) is 0 Å². The first-order chi connectivity index (χ1) is 10.5. The first-order valence-corrected chi connectivity index (χ1v) is 7.24. The maximum Gasteiger partial charge on any atom is 0.255 e. The predicted molar refractivity (Wildman–Crippen MR) is 88.2 cm³/mol. The number of aryl methyl sites for hydroxylation is 1. The highest BCUT2D eigenvalue weighted by Crippen LogP contribution is 2.12. The van der Waals surface area contributed by atoms with E-state index in [1.165, 1.54) is 0 Å². The molecule has 0 bridgehead atoms. The Balaban J connectivity index is 2.03. The molecule has 0 spiro atoms. The van der Waals surface area contributed by atoms with Gasteiger partial charge in [-0.05, 0) is 57.2 Å². The normalized spacial score (nSPS) is 10.4. The minimum absolute atomic E-state index is 0.0911. The highest BCUT2D eigenvalue weighted by atomic mass is 16.2. The fourth-order valence-electron chi connectivity index (χ4n) is 1.96. The Morgan fingerprint density at radius 3 is 1.86 bits per heavy atom. The van der Waals surface area contributed by atoms with Crippen LogP contribution in [0.3, 0.4) is 0 Å². The lowest BCUT2D eigenvalue weighted by atomic mass is 10.1. The summed E-state index contributed by atoms with van der Waals surface area (Å²) in [6, 6.07) is 14.3. The number of hydrogen-bond donors (Lipinski definition) is 2. The zero-order valence-corrected chi connectivity index (χ0v) is 13.0. The predicted octanol–water partition coefficient (Wildman–Crippen LogP) is 3.39. The molecular formula is C18H20N2O2. The molecule has 114 valence electrons. The number of benzene rings is 2. The van der Waals surface area contributed by atoms with E-state index in [0.29, 0.717) is 16.8 Å². The van der Waals surface area contributed by atoms with Crippen molar-refractivity contribution < 1.29 is 9.59 Å². The Labute approximate surface area is 130 Å². The number of carbonyl (C=O) groups is 2. The Hall–Kier alpha value is -2.62. The van der Waals surface area contributed by atoms with Crippen molar-refractivity contribution in [3.8, 4) is 0 Å². The van der Waals surface area contributed by atoms with Crippen LogP contribution in [-0.2, 0) is 0 Å². The molecule has 0 aliphatic rings. The molecule has 22 heavy (non-hydrogen) atoms. The lowest BCUT2D eigenvalue weighted by molar-refractivity contribution is 0.0942. The minimum Gasteiger partial charge on any atom is -0.350 e. The van der Waals surface area contributed by atoms with Gasteiger partial charge in [0.1, 0.15) is 0 Å². The van der Waals surface area contributed by atoms with Crippen molar-refractivity contribution in [2.24, 2.45) is 0 Å². The highest BCUT2D eigenvalue weighted by Gasteiger charge is 2.08. The van der Waals surface area contributed by atoms with Gasteiger partial charge in [-0.3, -0.25) is 9.59 Å². The Morgan fingerprint density at radius 1 is 0.818 bits per heavy atom. The van der Waals surface area contributed by atoms with E-state index in [1.807, 2.05) is 32.9 Å². The number of nitrogens with one attached hydrogen (secondary N) is 2. The summed E-state index contributed by atoms with van der Waals surface area (Å²) in [5.74, 6) is -0.286. The molecular weight excluding hydrogens is 276 g/mol. The third-order valence-electron chi connectivity index (χ3n) is 3.14. The van der Waals surface area contributed by atoms with E-state index in [1.54, 1.807) is 36.4 Å². The van der Waals surface area contributed by atoms with Gasteiger partial charge in [-0.25, -0.2) is 0 Å². The van der Waals surface area contributed by atoms with Gasteiger partial charge >= 0.3 is 0 Å². The van der Waals surface area contributed by atoms with Crippen molar-refractivity contribution in [2.75, 3.05) is 5.32 Å². The van der Waals surface area contributed by atoms with Crippen molar-refractivity contribution >= 4 is 17.5 Å². The van der Waals surface area contributed by atoms with Crippen LogP contribution in [0.4, 0.5) is 5.69 Å². The molecule has 2 rings (SSSR count). The molecule has 0 aliphatic carbocycles. The Kier molecular flexibility index (Phi) is 4.94. The molecule has 0 atom stereocenters. The van der Waals surface area contributed by atoms with Gasteiger partial charge in [-0.1, -0.05) is 17.7 Å². The first-order valence-electron chi connectivity index (χ1n) is 7.24. The van der Waals surface area contributed by atoms with Crippen LogP contribution in [0, 0.1) is 6.92 Å². The Morgan fingerprint density at radius 2 is 1.32 bits per heavy atom. The maximum atomic E-state index is 12.1. The first kappa shape index (κ1) is 15.8. The Bertz CT molecular complexity index is 658. The molecule has 0 unspecified atom stereocenters. The molecule has 0 saturated heterocycles.